The van der Waals surface area contributed by atoms with Gasteiger partial charge in [-0.05, 0) is 11.5 Å². The van der Waals surface area contributed by atoms with Gasteiger partial charge in [-0.2, -0.15) is 9.97 Å². The fourth-order valence-corrected chi connectivity index (χ4v) is 1.79. The van der Waals surface area contributed by atoms with E-state index < -0.39 is 5.82 Å². The number of anilines is 1. The third kappa shape index (κ3) is 4.51. The van der Waals surface area contributed by atoms with Crippen LogP contribution in [0.4, 0.5) is 10.2 Å². The molecule has 1 aromatic heterocycles. The van der Waals surface area contributed by atoms with E-state index in [1.807, 2.05) is 44.2 Å². The lowest BCUT2D eigenvalue weighted by molar-refractivity contribution is 0.311. The second-order valence-corrected chi connectivity index (χ2v) is 5.26. The summed E-state index contributed by atoms with van der Waals surface area (Å²) in [6.45, 7) is 4.47. The summed E-state index contributed by atoms with van der Waals surface area (Å²) in [5.74, 6) is -0.0760. The zero-order valence-corrected chi connectivity index (χ0v) is 12.9. The molecule has 5 nitrogen and oxygen atoms in total. The van der Waals surface area contributed by atoms with Crippen LogP contribution in [0, 0.1) is 11.7 Å². The van der Waals surface area contributed by atoms with E-state index in [0.29, 0.717) is 6.54 Å². The second-order valence-electron chi connectivity index (χ2n) is 5.26. The number of hydrogen-bond donors (Lipinski definition) is 0. The highest BCUT2D eigenvalue weighted by Crippen LogP contribution is 2.19. The molecule has 0 amide bonds. The Kier molecular flexibility index (Phi) is 5.41. The lowest BCUT2D eigenvalue weighted by Gasteiger charge is -2.18. The maximum Gasteiger partial charge on any atom is 0.347 e. The Morgan fingerprint density at radius 2 is 2.05 bits per heavy atom. The van der Waals surface area contributed by atoms with E-state index in [1.165, 1.54) is 0 Å². The maximum atomic E-state index is 13.9. The largest absolute Gasteiger partial charge is 0.353 e. The zero-order valence-electron chi connectivity index (χ0n) is 12.9. The van der Waals surface area contributed by atoms with Crippen molar-refractivity contribution in [2.45, 2.75) is 20.4 Å². The van der Waals surface area contributed by atoms with Gasteiger partial charge in [-0.25, -0.2) is 4.39 Å². The molecule has 22 heavy (non-hydrogen) atoms. The molecule has 0 atom stereocenters. The average molecular weight is 302 g/mol. The van der Waals surface area contributed by atoms with Crippen LogP contribution < -0.4 is 9.74 Å². The molecule has 0 unspecified atom stereocenters. The molecule has 2 aromatic rings. The van der Waals surface area contributed by atoms with Crippen LogP contribution in [0.25, 0.3) is 0 Å². The van der Waals surface area contributed by atoms with Crippen molar-refractivity contribution in [2.75, 3.05) is 11.9 Å². The first-order valence-electron chi connectivity index (χ1n) is 7.04. The number of nitrogens with zero attached hydrogens (tertiary/aromatic N) is 4. The van der Waals surface area contributed by atoms with Crippen LogP contribution in [0.15, 0.2) is 41.7 Å². The minimum absolute atomic E-state index is 0.0215. The van der Waals surface area contributed by atoms with Crippen molar-refractivity contribution in [3.05, 3.63) is 47.9 Å². The van der Waals surface area contributed by atoms with Crippen LogP contribution in [0.5, 0.6) is 6.01 Å². The summed E-state index contributed by atoms with van der Waals surface area (Å²) < 4.78 is 13.9. The van der Waals surface area contributed by atoms with Crippen molar-refractivity contribution < 1.29 is 9.23 Å². The molecular formula is C16H19FN4O. The fraction of sp³-hybridized carbons (Fsp3) is 0.312. The quantitative estimate of drug-likeness (QED) is 0.607. The Morgan fingerprint density at radius 1 is 1.32 bits per heavy atom. The van der Waals surface area contributed by atoms with Gasteiger partial charge in [0.05, 0.1) is 6.20 Å². The summed E-state index contributed by atoms with van der Waals surface area (Å²) in [5.41, 5.74) is 1.06. The zero-order chi connectivity index (χ0) is 15.9. The molecule has 1 heterocycles. The first kappa shape index (κ1) is 15.9. The van der Waals surface area contributed by atoms with Crippen LogP contribution in [-0.4, -0.2) is 23.2 Å². The summed E-state index contributed by atoms with van der Waals surface area (Å²) in [4.78, 5) is 14.6. The molecule has 116 valence electrons. The molecular weight excluding hydrogens is 283 g/mol. The third-order valence-electron chi connectivity index (χ3n) is 2.82. The minimum Gasteiger partial charge on any atom is -0.353 e. The highest BCUT2D eigenvalue weighted by molar-refractivity contribution is 5.58. The van der Waals surface area contributed by atoms with Gasteiger partial charge in [-0.15, -0.1) is 0 Å². The number of hydrogen-bond acceptors (Lipinski definition) is 5. The Labute approximate surface area is 129 Å². The van der Waals surface area contributed by atoms with Gasteiger partial charge in [-0.1, -0.05) is 49.3 Å². The molecule has 0 N–H and O–H groups in total. The SMILES string of the molecule is CC(C)/C=N/Oc1ncc(F)c(N(C)Cc2ccccc2)n1. The van der Waals surface area contributed by atoms with Crippen molar-refractivity contribution in [3.63, 3.8) is 0 Å². The van der Waals surface area contributed by atoms with E-state index in [1.54, 1.807) is 18.2 Å². The maximum absolute atomic E-state index is 13.9. The van der Waals surface area contributed by atoms with Crippen LogP contribution in [-0.2, 0) is 6.54 Å². The molecule has 0 radical (unpaired) electrons. The molecule has 1 aromatic carbocycles. The van der Waals surface area contributed by atoms with E-state index in [4.69, 9.17) is 4.84 Å². The fourth-order valence-electron chi connectivity index (χ4n) is 1.79. The summed E-state index contributed by atoms with van der Waals surface area (Å²) >= 11 is 0. The standard InChI is InChI=1S/C16H19FN4O/c1-12(2)9-19-22-16-18-10-14(17)15(20-16)21(3)11-13-7-5-4-6-8-13/h4-10,12H,11H2,1-3H3/b19-9+. The topological polar surface area (TPSA) is 50.6 Å². The normalized spacial score (nSPS) is 11.1. The molecule has 0 saturated carbocycles. The lowest BCUT2D eigenvalue weighted by atomic mass is 10.2. The monoisotopic (exact) mass is 302 g/mol. The average Bonchev–Trinajstić information content (AvgIpc) is 2.49. The van der Waals surface area contributed by atoms with Crippen LogP contribution in [0.3, 0.4) is 0 Å². The van der Waals surface area contributed by atoms with E-state index >= 15 is 0 Å². The first-order chi connectivity index (χ1) is 10.6. The van der Waals surface area contributed by atoms with Crippen molar-refractivity contribution in [3.8, 4) is 6.01 Å². The molecule has 2 rings (SSSR count). The smallest absolute Gasteiger partial charge is 0.347 e. The Bertz CT molecular complexity index is 631. The molecule has 0 saturated heterocycles. The van der Waals surface area contributed by atoms with Crippen molar-refractivity contribution in [1.82, 2.24) is 9.97 Å². The number of benzene rings is 1. The second kappa shape index (κ2) is 7.49. The highest BCUT2D eigenvalue weighted by Gasteiger charge is 2.13. The van der Waals surface area contributed by atoms with Gasteiger partial charge in [0.1, 0.15) is 0 Å². The van der Waals surface area contributed by atoms with Crippen molar-refractivity contribution in [1.29, 1.82) is 0 Å². The molecule has 0 aliphatic carbocycles. The van der Waals surface area contributed by atoms with E-state index in [0.717, 1.165) is 11.8 Å². The predicted molar refractivity (Wildman–Crippen MR) is 84.5 cm³/mol. The van der Waals surface area contributed by atoms with E-state index in [2.05, 4.69) is 15.1 Å². The first-order valence-corrected chi connectivity index (χ1v) is 7.04. The van der Waals surface area contributed by atoms with Gasteiger partial charge in [0.25, 0.3) is 0 Å². The summed E-state index contributed by atoms with van der Waals surface area (Å²) in [6.07, 6.45) is 2.71. The van der Waals surface area contributed by atoms with E-state index in [9.17, 15) is 4.39 Å². The van der Waals surface area contributed by atoms with Gasteiger partial charge >= 0.3 is 6.01 Å². The summed E-state index contributed by atoms with van der Waals surface area (Å²) in [6, 6.07) is 9.78. The van der Waals surface area contributed by atoms with Crippen LogP contribution >= 0.6 is 0 Å². The number of aromatic nitrogens is 2. The third-order valence-corrected chi connectivity index (χ3v) is 2.82. The Morgan fingerprint density at radius 3 is 2.73 bits per heavy atom. The van der Waals surface area contributed by atoms with Crippen molar-refractivity contribution >= 4 is 12.0 Å². The molecule has 0 aliphatic heterocycles. The minimum atomic E-state index is -0.501. The van der Waals surface area contributed by atoms with Gasteiger partial charge in [0, 0.05) is 19.8 Å². The number of oxime groups is 1. The predicted octanol–water partition coefficient (Wildman–Crippen LogP) is 3.27. The number of halogens is 1. The van der Waals surface area contributed by atoms with Crippen LogP contribution in [0.2, 0.25) is 0 Å². The Hall–Kier alpha value is -2.50. The van der Waals surface area contributed by atoms with Crippen LogP contribution in [0.1, 0.15) is 19.4 Å². The molecule has 6 heteroatoms. The van der Waals surface area contributed by atoms with Gasteiger partial charge < -0.3 is 9.74 Å². The van der Waals surface area contributed by atoms with Gasteiger partial charge in [-0.3, -0.25) is 0 Å². The van der Waals surface area contributed by atoms with Gasteiger partial charge in [0.2, 0.25) is 0 Å². The van der Waals surface area contributed by atoms with Crippen molar-refractivity contribution in [2.24, 2.45) is 11.1 Å². The Balaban J connectivity index is 2.12. The highest BCUT2D eigenvalue weighted by atomic mass is 19.1. The van der Waals surface area contributed by atoms with Gasteiger partial charge in [0.15, 0.2) is 11.6 Å². The summed E-state index contributed by atoms with van der Waals surface area (Å²) in [7, 11) is 1.76. The molecule has 0 bridgehead atoms. The molecule has 0 fully saturated rings. The van der Waals surface area contributed by atoms with E-state index in [-0.39, 0.29) is 17.7 Å². The summed E-state index contributed by atoms with van der Waals surface area (Å²) in [5, 5.41) is 3.76. The lowest BCUT2D eigenvalue weighted by Crippen LogP contribution is -2.19. The molecule has 0 aliphatic rings. The number of rotatable bonds is 6. The molecule has 0 spiro atoms.